The number of aryl methyl sites for hydroxylation is 1. The number of nitrogens with zero attached hydrogens (tertiary/aromatic N) is 1. The van der Waals surface area contributed by atoms with Crippen molar-refractivity contribution < 1.29 is 9.53 Å². The molecule has 18 heavy (non-hydrogen) atoms. The fourth-order valence-corrected chi connectivity index (χ4v) is 1.81. The summed E-state index contributed by atoms with van der Waals surface area (Å²) in [6.45, 7) is 3.92. The fourth-order valence-electron chi connectivity index (χ4n) is 1.81. The van der Waals surface area contributed by atoms with Crippen LogP contribution in [-0.4, -0.2) is 22.5 Å². The first-order chi connectivity index (χ1) is 8.67. The van der Waals surface area contributed by atoms with Crippen LogP contribution >= 0.6 is 0 Å². The van der Waals surface area contributed by atoms with E-state index in [-0.39, 0.29) is 12.2 Å². The standard InChI is InChI=1S/C13H14N2O3/c1-3-8-6-14-7-9-5-10(13(17)18-4-2)12(16)15-11(8)9/h5-7H,3-4H2,1-2H3,(H,15,16). The Balaban J connectivity index is 2.63. The van der Waals surface area contributed by atoms with Gasteiger partial charge in [0.1, 0.15) is 5.56 Å². The van der Waals surface area contributed by atoms with Gasteiger partial charge in [-0.2, -0.15) is 0 Å². The highest BCUT2D eigenvalue weighted by Crippen LogP contribution is 2.15. The number of pyridine rings is 2. The number of fused-ring (bicyclic) bond motifs is 1. The van der Waals surface area contributed by atoms with Gasteiger partial charge >= 0.3 is 5.97 Å². The van der Waals surface area contributed by atoms with Gasteiger partial charge in [-0.3, -0.25) is 9.78 Å². The number of carbonyl (C=O) groups is 1. The Kier molecular flexibility index (Phi) is 3.41. The number of esters is 1. The maximum Gasteiger partial charge on any atom is 0.343 e. The summed E-state index contributed by atoms with van der Waals surface area (Å²) in [5, 5.41) is 0.733. The van der Waals surface area contributed by atoms with Crippen molar-refractivity contribution in [3.63, 3.8) is 0 Å². The minimum atomic E-state index is -0.609. The lowest BCUT2D eigenvalue weighted by atomic mass is 10.1. The molecule has 2 aromatic rings. The maximum absolute atomic E-state index is 11.8. The molecule has 1 N–H and O–H groups in total. The van der Waals surface area contributed by atoms with Crippen molar-refractivity contribution in [3.05, 3.63) is 39.9 Å². The number of aromatic amines is 1. The summed E-state index contributed by atoms with van der Waals surface area (Å²) in [6.07, 6.45) is 4.09. The van der Waals surface area contributed by atoms with Crippen molar-refractivity contribution >= 4 is 16.9 Å². The molecule has 94 valence electrons. The Bertz CT molecular complexity index is 646. The summed E-state index contributed by atoms with van der Waals surface area (Å²) < 4.78 is 4.83. The minimum Gasteiger partial charge on any atom is -0.462 e. The second-order valence-electron chi connectivity index (χ2n) is 3.85. The molecule has 0 amide bonds. The van der Waals surface area contributed by atoms with Gasteiger partial charge in [-0.1, -0.05) is 6.92 Å². The summed E-state index contributed by atoms with van der Waals surface area (Å²) in [7, 11) is 0. The molecule has 0 saturated carbocycles. The Morgan fingerprint density at radius 3 is 2.83 bits per heavy atom. The zero-order valence-electron chi connectivity index (χ0n) is 10.3. The summed E-state index contributed by atoms with van der Waals surface area (Å²) in [4.78, 5) is 30.2. The molecule has 0 saturated heterocycles. The highest BCUT2D eigenvalue weighted by Gasteiger charge is 2.13. The molecule has 0 atom stereocenters. The van der Waals surface area contributed by atoms with Crippen LogP contribution in [-0.2, 0) is 11.2 Å². The van der Waals surface area contributed by atoms with Gasteiger partial charge in [-0.05, 0) is 25.0 Å². The van der Waals surface area contributed by atoms with E-state index in [1.54, 1.807) is 19.3 Å². The SMILES string of the molecule is CCOC(=O)c1cc2cncc(CC)c2[nH]c1=O. The first kappa shape index (κ1) is 12.3. The molecule has 2 aromatic heterocycles. The molecular weight excluding hydrogens is 232 g/mol. The largest absolute Gasteiger partial charge is 0.462 e. The molecule has 2 rings (SSSR count). The van der Waals surface area contributed by atoms with Crippen LogP contribution in [0.4, 0.5) is 0 Å². The smallest absolute Gasteiger partial charge is 0.343 e. The first-order valence-electron chi connectivity index (χ1n) is 5.84. The molecule has 0 aliphatic heterocycles. The van der Waals surface area contributed by atoms with E-state index < -0.39 is 11.5 Å². The number of rotatable bonds is 3. The van der Waals surface area contributed by atoms with Crippen LogP contribution in [0, 0.1) is 0 Å². The van der Waals surface area contributed by atoms with Gasteiger partial charge in [0, 0.05) is 17.8 Å². The highest BCUT2D eigenvalue weighted by molar-refractivity contribution is 5.93. The molecule has 0 unspecified atom stereocenters. The van der Waals surface area contributed by atoms with Gasteiger partial charge in [-0.15, -0.1) is 0 Å². The van der Waals surface area contributed by atoms with Crippen LogP contribution in [0.3, 0.4) is 0 Å². The van der Waals surface area contributed by atoms with E-state index in [0.29, 0.717) is 0 Å². The van der Waals surface area contributed by atoms with Crippen molar-refractivity contribution in [2.24, 2.45) is 0 Å². The Morgan fingerprint density at radius 2 is 2.17 bits per heavy atom. The van der Waals surface area contributed by atoms with Crippen LogP contribution < -0.4 is 5.56 Å². The van der Waals surface area contributed by atoms with E-state index >= 15 is 0 Å². The molecule has 5 heteroatoms. The minimum absolute atomic E-state index is 0.0133. The number of hydrogen-bond donors (Lipinski definition) is 1. The lowest BCUT2D eigenvalue weighted by molar-refractivity contribution is 0.0524. The van der Waals surface area contributed by atoms with E-state index in [1.807, 2.05) is 6.92 Å². The zero-order valence-corrected chi connectivity index (χ0v) is 10.3. The van der Waals surface area contributed by atoms with Gasteiger partial charge in [0.15, 0.2) is 0 Å². The highest BCUT2D eigenvalue weighted by atomic mass is 16.5. The van der Waals surface area contributed by atoms with E-state index in [0.717, 1.165) is 22.9 Å². The molecule has 0 radical (unpaired) electrons. The number of carbonyl (C=O) groups excluding carboxylic acids is 1. The second-order valence-corrected chi connectivity index (χ2v) is 3.85. The Hall–Kier alpha value is -2.17. The fraction of sp³-hybridized carbons (Fsp3) is 0.308. The van der Waals surface area contributed by atoms with Crippen molar-refractivity contribution in [3.8, 4) is 0 Å². The lowest BCUT2D eigenvalue weighted by Gasteiger charge is -2.05. The normalized spacial score (nSPS) is 10.6. The summed E-state index contributed by atoms with van der Waals surface area (Å²) in [5.41, 5.74) is 1.26. The van der Waals surface area contributed by atoms with Crippen LogP contribution in [0.25, 0.3) is 10.9 Å². The molecule has 0 fully saturated rings. The van der Waals surface area contributed by atoms with E-state index in [2.05, 4.69) is 9.97 Å². The Labute approximate surface area is 104 Å². The third kappa shape index (κ3) is 2.11. The molecule has 0 aliphatic rings. The number of nitrogens with one attached hydrogen (secondary N) is 1. The molecule has 0 aliphatic carbocycles. The van der Waals surface area contributed by atoms with Crippen LogP contribution in [0.2, 0.25) is 0 Å². The van der Waals surface area contributed by atoms with Gasteiger partial charge in [0.2, 0.25) is 0 Å². The zero-order chi connectivity index (χ0) is 13.1. The van der Waals surface area contributed by atoms with Crippen molar-refractivity contribution in [1.82, 2.24) is 9.97 Å². The third-order valence-electron chi connectivity index (χ3n) is 2.71. The number of hydrogen-bond acceptors (Lipinski definition) is 4. The van der Waals surface area contributed by atoms with Crippen molar-refractivity contribution in [1.29, 1.82) is 0 Å². The molecule has 0 spiro atoms. The summed E-state index contributed by atoms with van der Waals surface area (Å²) >= 11 is 0. The van der Waals surface area contributed by atoms with Crippen LogP contribution in [0.15, 0.2) is 23.3 Å². The monoisotopic (exact) mass is 246 g/mol. The third-order valence-corrected chi connectivity index (χ3v) is 2.71. The summed E-state index contributed by atoms with van der Waals surface area (Å²) in [5.74, 6) is -0.609. The van der Waals surface area contributed by atoms with Crippen LogP contribution in [0.5, 0.6) is 0 Å². The molecule has 2 heterocycles. The van der Waals surface area contributed by atoms with Gasteiger partial charge in [-0.25, -0.2) is 4.79 Å². The van der Waals surface area contributed by atoms with Crippen molar-refractivity contribution in [2.75, 3.05) is 6.61 Å². The van der Waals surface area contributed by atoms with Gasteiger partial charge in [0.25, 0.3) is 5.56 Å². The predicted molar refractivity (Wildman–Crippen MR) is 67.7 cm³/mol. The molecular formula is C13H14N2O3. The van der Waals surface area contributed by atoms with Crippen LogP contribution in [0.1, 0.15) is 29.8 Å². The maximum atomic E-state index is 11.8. The predicted octanol–water partition coefficient (Wildman–Crippen LogP) is 1.66. The number of aromatic nitrogens is 2. The topological polar surface area (TPSA) is 72.0 Å². The van der Waals surface area contributed by atoms with Gasteiger partial charge < -0.3 is 9.72 Å². The van der Waals surface area contributed by atoms with E-state index in [4.69, 9.17) is 4.74 Å². The first-order valence-corrected chi connectivity index (χ1v) is 5.84. The van der Waals surface area contributed by atoms with Gasteiger partial charge in [0.05, 0.1) is 12.1 Å². The van der Waals surface area contributed by atoms with Crippen molar-refractivity contribution in [2.45, 2.75) is 20.3 Å². The average Bonchev–Trinajstić information content (AvgIpc) is 2.37. The molecule has 0 aromatic carbocycles. The number of H-pyrrole nitrogens is 1. The number of ether oxygens (including phenoxy) is 1. The quantitative estimate of drug-likeness (QED) is 0.836. The van der Waals surface area contributed by atoms with E-state index in [1.165, 1.54) is 6.07 Å². The van der Waals surface area contributed by atoms with E-state index in [9.17, 15) is 9.59 Å². The Morgan fingerprint density at radius 1 is 1.39 bits per heavy atom. The average molecular weight is 246 g/mol. The lowest BCUT2D eigenvalue weighted by Crippen LogP contribution is -2.20. The molecule has 5 nitrogen and oxygen atoms in total. The molecule has 0 bridgehead atoms. The summed E-state index contributed by atoms with van der Waals surface area (Å²) in [6, 6.07) is 1.53. The second kappa shape index (κ2) is 5.00.